The van der Waals surface area contributed by atoms with Gasteiger partial charge in [-0.3, -0.25) is 4.79 Å². The SMILES string of the molecule is COc1cc(/C=N\NC(=O)c2cccc(C(F)(F)F)c2)cc(Cl)c1OCc1cccc(C(=O)O)c1. The minimum atomic E-state index is -4.57. The van der Waals surface area contributed by atoms with Gasteiger partial charge >= 0.3 is 12.1 Å². The molecule has 0 fully saturated rings. The Hall–Kier alpha value is -4.05. The molecule has 1 amide bonds. The fourth-order valence-electron chi connectivity index (χ4n) is 2.97. The minimum Gasteiger partial charge on any atom is -0.493 e. The van der Waals surface area contributed by atoms with E-state index < -0.39 is 23.6 Å². The molecule has 0 radical (unpaired) electrons. The number of methoxy groups -OCH3 is 1. The number of hydrazone groups is 1. The third kappa shape index (κ3) is 6.73. The number of amides is 1. The van der Waals surface area contributed by atoms with Crippen LogP contribution in [0.1, 0.15) is 37.4 Å². The first-order chi connectivity index (χ1) is 16.6. The van der Waals surface area contributed by atoms with Crippen LogP contribution in [0.25, 0.3) is 0 Å². The van der Waals surface area contributed by atoms with Crippen LogP contribution in [-0.2, 0) is 12.8 Å². The number of hydrogen-bond donors (Lipinski definition) is 2. The Kier molecular flexibility index (Phi) is 7.98. The largest absolute Gasteiger partial charge is 0.493 e. The van der Waals surface area contributed by atoms with E-state index in [-0.39, 0.29) is 34.3 Å². The number of carbonyl (C=O) groups excluding carboxylic acids is 1. The number of benzene rings is 3. The fraction of sp³-hybridized carbons (Fsp3) is 0.125. The normalized spacial score (nSPS) is 11.3. The average molecular weight is 507 g/mol. The number of carboxylic acids is 1. The highest BCUT2D eigenvalue weighted by Gasteiger charge is 2.30. The number of hydrogen-bond acceptors (Lipinski definition) is 5. The summed E-state index contributed by atoms with van der Waals surface area (Å²) in [6, 6.07) is 13.2. The third-order valence-electron chi connectivity index (χ3n) is 4.64. The van der Waals surface area contributed by atoms with Gasteiger partial charge in [0.15, 0.2) is 11.5 Å². The number of rotatable bonds is 8. The lowest BCUT2D eigenvalue weighted by molar-refractivity contribution is -0.137. The van der Waals surface area contributed by atoms with E-state index >= 15 is 0 Å². The second kappa shape index (κ2) is 10.9. The van der Waals surface area contributed by atoms with Crippen LogP contribution in [0.5, 0.6) is 11.5 Å². The maximum atomic E-state index is 12.8. The molecule has 0 spiro atoms. The first kappa shape index (κ1) is 25.6. The van der Waals surface area contributed by atoms with Crippen LogP contribution in [0.15, 0.2) is 65.8 Å². The number of alkyl halides is 3. The van der Waals surface area contributed by atoms with Crippen LogP contribution >= 0.6 is 11.6 Å². The molecule has 0 aromatic heterocycles. The average Bonchev–Trinajstić information content (AvgIpc) is 2.82. The van der Waals surface area contributed by atoms with Gasteiger partial charge in [-0.1, -0.05) is 29.8 Å². The van der Waals surface area contributed by atoms with Crippen molar-refractivity contribution in [2.45, 2.75) is 12.8 Å². The standard InChI is InChI=1S/C24H18ClF3N2O5/c1-34-20-10-15(12-29-30-22(31)16-5-3-7-18(11-16)24(26,27)28)9-19(25)21(20)35-13-14-4-2-6-17(8-14)23(32)33/h2-12H,13H2,1H3,(H,30,31)(H,32,33)/b29-12-. The summed E-state index contributed by atoms with van der Waals surface area (Å²) in [6.07, 6.45) is -3.34. The molecular formula is C24H18ClF3N2O5. The van der Waals surface area contributed by atoms with Crippen LogP contribution in [0.4, 0.5) is 13.2 Å². The lowest BCUT2D eigenvalue weighted by atomic mass is 10.1. The molecule has 3 aromatic carbocycles. The zero-order valence-electron chi connectivity index (χ0n) is 18.1. The first-order valence-corrected chi connectivity index (χ1v) is 10.3. The molecule has 35 heavy (non-hydrogen) atoms. The molecule has 0 saturated carbocycles. The molecule has 7 nitrogen and oxygen atoms in total. The van der Waals surface area contributed by atoms with Crippen molar-refractivity contribution in [3.63, 3.8) is 0 Å². The zero-order valence-corrected chi connectivity index (χ0v) is 18.9. The van der Waals surface area contributed by atoms with Crippen molar-refractivity contribution in [1.82, 2.24) is 5.43 Å². The fourth-order valence-corrected chi connectivity index (χ4v) is 3.24. The Bertz CT molecular complexity index is 1280. The van der Waals surface area contributed by atoms with Crippen molar-refractivity contribution in [2.75, 3.05) is 7.11 Å². The topological polar surface area (TPSA) is 97.2 Å². The predicted octanol–water partition coefficient (Wildman–Crippen LogP) is 5.41. The van der Waals surface area contributed by atoms with Crippen molar-refractivity contribution >= 4 is 29.7 Å². The summed E-state index contributed by atoms with van der Waals surface area (Å²) in [4.78, 5) is 23.3. The highest BCUT2D eigenvalue weighted by molar-refractivity contribution is 6.32. The molecule has 3 rings (SSSR count). The zero-order chi connectivity index (χ0) is 25.6. The highest BCUT2D eigenvalue weighted by Crippen LogP contribution is 2.36. The Morgan fingerprint density at radius 1 is 1.09 bits per heavy atom. The van der Waals surface area contributed by atoms with E-state index in [1.165, 1.54) is 43.7 Å². The quantitative estimate of drug-likeness (QED) is 0.314. The predicted molar refractivity (Wildman–Crippen MR) is 122 cm³/mol. The monoisotopic (exact) mass is 506 g/mol. The molecule has 11 heteroatoms. The molecule has 3 aromatic rings. The number of nitrogens with one attached hydrogen (secondary N) is 1. The van der Waals surface area contributed by atoms with Gasteiger partial charge in [-0.05, 0) is 53.6 Å². The summed E-state index contributed by atoms with van der Waals surface area (Å²) in [5, 5.41) is 13.0. The molecule has 0 atom stereocenters. The Labute approximate surface area is 202 Å². The molecule has 0 bridgehead atoms. The maximum absolute atomic E-state index is 12.8. The van der Waals surface area contributed by atoms with E-state index in [0.717, 1.165) is 18.2 Å². The lowest BCUT2D eigenvalue weighted by Crippen LogP contribution is -2.18. The number of carboxylic acid groups (broad SMARTS) is 1. The van der Waals surface area contributed by atoms with Crippen molar-refractivity contribution < 1.29 is 37.3 Å². The van der Waals surface area contributed by atoms with Gasteiger partial charge in [0.2, 0.25) is 0 Å². The number of nitrogens with zero attached hydrogens (tertiary/aromatic N) is 1. The Morgan fingerprint density at radius 2 is 1.80 bits per heavy atom. The van der Waals surface area contributed by atoms with Crippen LogP contribution in [-0.4, -0.2) is 30.3 Å². The Morgan fingerprint density at radius 3 is 2.49 bits per heavy atom. The first-order valence-electron chi connectivity index (χ1n) is 9.91. The van der Waals surface area contributed by atoms with Gasteiger partial charge in [-0.2, -0.15) is 18.3 Å². The molecular weight excluding hydrogens is 489 g/mol. The summed E-state index contributed by atoms with van der Waals surface area (Å²) in [5.41, 5.74) is 2.14. The highest BCUT2D eigenvalue weighted by atomic mass is 35.5. The van der Waals surface area contributed by atoms with E-state index in [9.17, 15) is 22.8 Å². The molecule has 2 N–H and O–H groups in total. The number of aromatic carboxylic acids is 1. The van der Waals surface area contributed by atoms with Crippen molar-refractivity contribution in [2.24, 2.45) is 5.10 Å². The van der Waals surface area contributed by atoms with E-state index in [0.29, 0.717) is 11.1 Å². The summed E-state index contributed by atoms with van der Waals surface area (Å²) >= 11 is 6.30. The minimum absolute atomic E-state index is 0.0255. The van der Waals surface area contributed by atoms with Gasteiger partial charge in [0, 0.05) is 5.56 Å². The molecule has 0 unspecified atom stereocenters. The molecule has 0 aliphatic heterocycles. The van der Waals surface area contributed by atoms with E-state index in [1.54, 1.807) is 12.1 Å². The van der Waals surface area contributed by atoms with Gasteiger partial charge in [-0.15, -0.1) is 0 Å². The van der Waals surface area contributed by atoms with E-state index in [2.05, 4.69) is 10.5 Å². The van der Waals surface area contributed by atoms with Crippen LogP contribution in [0.2, 0.25) is 5.02 Å². The van der Waals surface area contributed by atoms with Gasteiger partial charge in [0.1, 0.15) is 6.61 Å². The van der Waals surface area contributed by atoms with E-state index in [4.69, 9.17) is 26.2 Å². The van der Waals surface area contributed by atoms with E-state index in [1.807, 2.05) is 0 Å². The number of halogens is 4. The van der Waals surface area contributed by atoms with Crippen molar-refractivity contribution in [1.29, 1.82) is 0 Å². The summed E-state index contributed by atoms with van der Waals surface area (Å²) in [5.74, 6) is -1.43. The number of carbonyl (C=O) groups is 2. The molecule has 0 aliphatic rings. The van der Waals surface area contributed by atoms with Crippen molar-refractivity contribution in [3.05, 3.63) is 93.5 Å². The smallest absolute Gasteiger partial charge is 0.416 e. The molecule has 0 saturated heterocycles. The van der Waals surface area contributed by atoms with Gasteiger partial charge in [0.05, 0.1) is 29.5 Å². The van der Waals surface area contributed by atoms with Crippen LogP contribution in [0.3, 0.4) is 0 Å². The lowest BCUT2D eigenvalue weighted by Gasteiger charge is -2.13. The Balaban J connectivity index is 1.70. The van der Waals surface area contributed by atoms with Crippen molar-refractivity contribution in [3.8, 4) is 11.5 Å². The van der Waals surface area contributed by atoms with Crippen LogP contribution < -0.4 is 14.9 Å². The second-order valence-electron chi connectivity index (χ2n) is 7.11. The van der Waals surface area contributed by atoms with Crippen LogP contribution in [0, 0.1) is 0 Å². The molecule has 182 valence electrons. The van der Waals surface area contributed by atoms with Gasteiger partial charge in [-0.25, -0.2) is 10.2 Å². The summed E-state index contributed by atoms with van der Waals surface area (Å²) in [7, 11) is 1.39. The van der Waals surface area contributed by atoms with Gasteiger partial charge in [0.25, 0.3) is 5.91 Å². The summed E-state index contributed by atoms with van der Waals surface area (Å²) in [6.45, 7) is 0.0255. The van der Waals surface area contributed by atoms with Gasteiger partial charge < -0.3 is 14.6 Å². The number of ether oxygens (including phenoxy) is 2. The second-order valence-corrected chi connectivity index (χ2v) is 7.51. The maximum Gasteiger partial charge on any atom is 0.416 e. The third-order valence-corrected chi connectivity index (χ3v) is 4.92. The molecule has 0 heterocycles. The molecule has 0 aliphatic carbocycles. The summed E-state index contributed by atoms with van der Waals surface area (Å²) < 4.78 is 49.5.